The third-order valence-electron chi connectivity index (χ3n) is 5.52. The van der Waals surface area contributed by atoms with E-state index in [0.29, 0.717) is 0 Å². The number of hydrogen-bond acceptors (Lipinski definition) is 1. The standard InChI is InChI=1S/C19H33N/c1-10-15-12-16(11-13(2)14(15)3)19(9,17(4,5)6)18(7,8)20/h11-12H,10,20H2,1-9H3. The van der Waals surface area contributed by atoms with Crippen LogP contribution in [0.1, 0.15) is 70.7 Å². The zero-order valence-corrected chi connectivity index (χ0v) is 14.9. The van der Waals surface area contributed by atoms with Crippen LogP contribution < -0.4 is 5.73 Å². The highest BCUT2D eigenvalue weighted by atomic mass is 14.8. The molecule has 1 heteroatoms. The van der Waals surface area contributed by atoms with Crippen LogP contribution in [-0.2, 0) is 11.8 Å². The highest BCUT2D eigenvalue weighted by molar-refractivity contribution is 5.43. The van der Waals surface area contributed by atoms with Crippen LogP contribution in [0.15, 0.2) is 12.1 Å². The van der Waals surface area contributed by atoms with Gasteiger partial charge in [-0.05, 0) is 61.8 Å². The molecule has 2 N–H and O–H groups in total. The van der Waals surface area contributed by atoms with Crippen molar-refractivity contribution in [1.82, 2.24) is 0 Å². The summed E-state index contributed by atoms with van der Waals surface area (Å²) in [7, 11) is 0. The van der Waals surface area contributed by atoms with E-state index in [2.05, 4.69) is 74.4 Å². The van der Waals surface area contributed by atoms with Gasteiger partial charge in [0.1, 0.15) is 0 Å². The van der Waals surface area contributed by atoms with Gasteiger partial charge in [0.25, 0.3) is 0 Å². The number of hydrogen-bond donors (Lipinski definition) is 1. The Balaban J connectivity index is 3.65. The van der Waals surface area contributed by atoms with Crippen molar-refractivity contribution in [2.45, 2.75) is 79.7 Å². The van der Waals surface area contributed by atoms with E-state index in [1.165, 1.54) is 22.3 Å². The number of nitrogens with two attached hydrogens (primary N) is 1. The van der Waals surface area contributed by atoms with Gasteiger partial charge in [0, 0.05) is 11.0 Å². The largest absolute Gasteiger partial charge is 0.325 e. The maximum atomic E-state index is 6.61. The average molecular weight is 275 g/mol. The van der Waals surface area contributed by atoms with Gasteiger partial charge in [0.15, 0.2) is 0 Å². The van der Waals surface area contributed by atoms with Gasteiger partial charge in [-0.25, -0.2) is 0 Å². The van der Waals surface area contributed by atoms with Gasteiger partial charge in [-0.3, -0.25) is 0 Å². The topological polar surface area (TPSA) is 26.0 Å². The van der Waals surface area contributed by atoms with Crippen LogP contribution >= 0.6 is 0 Å². The highest BCUT2D eigenvalue weighted by Crippen LogP contribution is 2.48. The van der Waals surface area contributed by atoms with E-state index >= 15 is 0 Å². The lowest BCUT2D eigenvalue weighted by atomic mass is 9.55. The molecule has 0 heterocycles. The summed E-state index contributed by atoms with van der Waals surface area (Å²) in [4.78, 5) is 0. The predicted molar refractivity (Wildman–Crippen MR) is 90.4 cm³/mol. The molecule has 0 saturated carbocycles. The van der Waals surface area contributed by atoms with E-state index in [9.17, 15) is 0 Å². The minimum absolute atomic E-state index is 0.0810. The molecule has 1 unspecified atom stereocenters. The van der Waals surface area contributed by atoms with Gasteiger partial charge in [-0.1, -0.05) is 46.8 Å². The van der Waals surface area contributed by atoms with Gasteiger partial charge in [-0.2, -0.15) is 0 Å². The Labute approximate surface area is 126 Å². The van der Waals surface area contributed by atoms with Crippen molar-refractivity contribution in [1.29, 1.82) is 0 Å². The summed E-state index contributed by atoms with van der Waals surface area (Å²) < 4.78 is 0. The molecular formula is C19H33N. The van der Waals surface area contributed by atoms with Crippen LogP contribution in [0.3, 0.4) is 0 Å². The molecule has 0 aliphatic rings. The molecule has 0 spiro atoms. The van der Waals surface area contributed by atoms with Crippen LogP contribution in [0.4, 0.5) is 0 Å². The van der Waals surface area contributed by atoms with Crippen molar-refractivity contribution in [3.8, 4) is 0 Å². The molecule has 0 fully saturated rings. The fourth-order valence-corrected chi connectivity index (χ4v) is 3.36. The van der Waals surface area contributed by atoms with Crippen LogP contribution in [0.25, 0.3) is 0 Å². The first kappa shape index (κ1) is 17.2. The number of rotatable bonds is 3. The van der Waals surface area contributed by atoms with Gasteiger partial charge in [0.2, 0.25) is 0 Å². The molecule has 1 atom stereocenters. The summed E-state index contributed by atoms with van der Waals surface area (Å²) in [5.74, 6) is 0. The SMILES string of the molecule is CCc1cc(C(C)(C(C)(C)C)C(C)(C)N)cc(C)c1C. The van der Waals surface area contributed by atoms with Crippen molar-refractivity contribution in [3.05, 3.63) is 34.4 Å². The molecule has 1 rings (SSSR count). The van der Waals surface area contributed by atoms with Crippen LogP contribution in [-0.4, -0.2) is 5.54 Å². The Morgan fingerprint density at radius 2 is 1.45 bits per heavy atom. The van der Waals surface area contributed by atoms with Gasteiger partial charge in [0.05, 0.1) is 0 Å². The van der Waals surface area contributed by atoms with Crippen molar-refractivity contribution in [2.75, 3.05) is 0 Å². The smallest absolute Gasteiger partial charge is 0.0197 e. The monoisotopic (exact) mass is 275 g/mol. The zero-order valence-electron chi connectivity index (χ0n) is 14.9. The van der Waals surface area contributed by atoms with Crippen LogP contribution in [0.2, 0.25) is 0 Å². The maximum Gasteiger partial charge on any atom is 0.0197 e. The molecule has 0 aliphatic heterocycles. The lowest BCUT2D eigenvalue weighted by Crippen LogP contribution is -2.59. The molecule has 20 heavy (non-hydrogen) atoms. The summed E-state index contributed by atoms with van der Waals surface area (Å²) in [5.41, 5.74) is 12.0. The number of benzene rings is 1. The van der Waals surface area contributed by atoms with Gasteiger partial charge < -0.3 is 5.73 Å². The van der Waals surface area contributed by atoms with Crippen LogP contribution in [0.5, 0.6) is 0 Å². The fourth-order valence-electron chi connectivity index (χ4n) is 3.36. The second-order valence-corrected chi connectivity index (χ2v) is 8.03. The second kappa shape index (κ2) is 5.18. The zero-order chi connectivity index (χ0) is 15.9. The molecule has 0 aromatic heterocycles. The second-order valence-electron chi connectivity index (χ2n) is 8.03. The third kappa shape index (κ3) is 2.65. The third-order valence-corrected chi connectivity index (χ3v) is 5.52. The van der Waals surface area contributed by atoms with Crippen LogP contribution in [0, 0.1) is 19.3 Å². The molecule has 0 saturated heterocycles. The lowest BCUT2D eigenvalue weighted by molar-refractivity contribution is 0.116. The molecule has 114 valence electrons. The van der Waals surface area contributed by atoms with E-state index in [0.717, 1.165) is 6.42 Å². The van der Waals surface area contributed by atoms with Gasteiger partial charge >= 0.3 is 0 Å². The molecule has 0 aliphatic carbocycles. The van der Waals surface area contributed by atoms with Crippen molar-refractivity contribution in [2.24, 2.45) is 11.1 Å². The average Bonchev–Trinajstić information content (AvgIpc) is 2.28. The molecule has 1 aromatic rings. The minimum atomic E-state index is -0.280. The van der Waals surface area contributed by atoms with Crippen molar-refractivity contribution in [3.63, 3.8) is 0 Å². The Kier molecular flexibility index (Phi) is 4.46. The quantitative estimate of drug-likeness (QED) is 0.833. The van der Waals surface area contributed by atoms with Crippen molar-refractivity contribution < 1.29 is 0 Å². The Morgan fingerprint density at radius 1 is 0.950 bits per heavy atom. The summed E-state index contributed by atoms with van der Waals surface area (Å²) in [6.45, 7) is 20.2. The molecule has 1 nitrogen and oxygen atoms in total. The predicted octanol–water partition coefficient (Wildman–Crippen LogP) is 4.91. The molecule has 0 bridgehead atoms. The molecule has 0 radical (unpaired) electrons. The first-order valence-electron chi connectivity index (χ1n) is 7.75. The fraction of sp³-hybridized carbons (Fsp3) is 0.684. The van der Waals surface area contributed by atoms with E-state index in [-0.39, 0.29) is 16.4 Å². The first-order valence-corrected chi connectivity index (χ1v) is 7.75. The normalized spacial score (nSPS) is 16.1. The van der Waals surface area contributed by atoms with E-state index < -0.39 is 0 Å². The minimum Gasteiger partial charge on any atom is -0.325 e. The summed E-state index contributed by atoms with van der Waals surface area (Å²) >= 11 is 0. The number of aryl methyl sites for hydroxylation is 2. The first-order chi connectivity index (χ1) is 8.86. The molecular weight excluding hydrogens is 242 g/mol. The Morgan fingerprint density at radius 3 is 1.80 bits per heavy atom. The Hall–Kier alpha value is -0.820. The van der Waals surface area contributed by atoms with E-state index in [4.69, 9.17) is 5.73 Å². The molecule has 0 amide bonds. The lowest BCUT2D eigenvalue weighted by Gasteiger charge is -2.52. The summed E-state index contributed by atoms with van der Waals surface area (Å²) in [5, 5.41) is 0. The van der Waals surface area contributed by atoms with Crippen molar-refractivity contribution >= 4 is 0 Å². The van der Waals surface area contributed by atoms with E-state index in [1.807, 2.05) is 0 Å². The summed E-state index contributed by atoms with van der Waals surface area (Å²) in [6.07, 6.45) is 1.08. The highest BCUT2D eigenvalue weighted by Gasteiger charge is 2.48. The maximum absolute atomic E-state index is 6.61. The Bertz CT molecular complexity index is 470. The molecule has 1 aromatic carbocycles. The summed E-state index contributed by atoms with van der Waals surface area (Å²) in [6, 6.07) is 4.72. The van der Waals surface area contributed by atoms with Gasteiger partial charge in [-0.15, -0.1) is 0 Å². The van der Waals surface area contributed by atoms with E-state index in [1.54, 1.807) is 0 Å².